The summed E-state index contributed by atoms with van der Waals surface area (Å²) in [4.78, 5) is 11.9. The topological polar surface area (TPSA) is 43.1 Å². The van der Waals surface area contributed by atoms with Crippen LogP contribution in [0.2, 0.25) is 0 Å². The molecular formula is C15H12FNO. The molecule has 0 heterocycles. The molecule has 3 heteroatoms. The lowest BCUT2D eigenvalue weighted by atomic mass is 10.1. The van der Waals surface area contributed by atoms with Crippen LogP contribution in [0, 0.1) is 5.82 Å². The molecule has 90 valence electrons. The highest BCUT2D eigenvalue weighted by atomic mass is 19.1. The maximum absolute atomic E-state index is 12.9. The van der Waals surface area contributed by atoms with E-state index in [1.165, 1.54) is 18.2 Å². The first-order chi connectivity index (χ1) is 8.66. The van der Waals surface area contributed by atoms with Crippen LogP contribution in [0.15, 0.2) is 54.6 Å². The lowest BCUT2D eigenvalue weighted by Crippen LogP contribution is -1.99. The molecule has 0 saturated heterocycles. The van der Waals surface area contributed by atoms with Gasteiger partial charge in [-0.1, -0.05) is 30.3 Å². The van der Waals surface area contributed by atoms with Gasteiger partial charge in [0.15, 0.2) is 5.78 Å². The fourth-order valence-electron chi connectivity index (χ4n) is 1.59. The molecule has 0 aromatic heterocycles. The van der Waals surface area contributed by atoms with Crippen LogP contribution in [0.5, 0.6) is 0 Å². The molecule has 0 aliphatic rings. The third kappa shape index (κ3) is 2.83. The molecule has 2 aromatic carbocycles. The summed E-state index contributed by atoms with van der Waals surface area (Å²) < 4.78 is 12.9. The zero-order valence-corrected chi connectivity index (χ0v) is 9.64. The zero-order valence-electron chi connectivity index (χ0n) is 9.64. The number of benzene rings is 2. The highest BCUT2D eigenvalue weighted by Gasteiger charge is 2.04. The third-order valence-electron chi connectivity index (χ3n) is 2.50. The maximum atomic E-state index is 12.9. The van der Waals surface area contributed by atoms with Gasteiger partial charge in [0.2, 0.25) is 0 Å². The number of halogens is 1. The number of carbonyl (C=O) groups excluding carboxylic acids is 1. The first-order valence-electron chi connectivity index (χ1n) is 5.49. The van der Waals surface area contributed by atoms with E-state index in [-0.39, 0.29) is 11.6 Å². The van der Waals surface area contributed by atoms with Gasteiger partial charge in [0.1, 0.15) is 5.82 Å². The number of anilines is 1. The molecule has 2 nitrogen and oxygen atoms in total. The Balaban J connectivity index is 2.20. The fourth-order valence-corrected chi connectivity index (χ4v) is 1.59. The lowest BCUT2D eigenvalue weighted by Gasteiger charge is -2.00. The summed E-state index contributed by atoms with van der Waals surface area (Å²) in [5, 5.41) is 0. The van der Waals surface area contributed by atoms with Gasteiger partial charge >= 0.3 is 0 Å². The van der Waals surface area contributed by atoms with E-state index < -0.39 is 0 Å². The van der Waals surface area contributed by atoms with E-state index in [0.717, 1.165) is 0 Å². The Morgan fingerprint density at radius 3 is 2.61 bits per heavy atom. The van der Waals surface area contributed by atoms with Crippen molar-refractivity contribution in [1.82, 2.24) is 0 Å². The van der Waals surface area contributed by atoms with Crippen molar-refractivity contribution < 1.29 is 9.18 Å². The molecule has 2 rings (SSSR count). The van der Waals surface area contributed by atoms with Gasteiger partial charge < -0.3 is 5.73 Å². The molecule has 2 aromatic rings. The van der Waals surface area contributed by atoms with Gasteiger partial charge in [-0.2, -0.15) is 0 Å². The van der Waals surface area contributed by atoms with Gasteiger partial charge in [-0.15, -0.1) is 0 Å². The van der Waals surface area contributed by atoms with Gasteiger partial charge in [0.05, 0.1) is 0 Å². The van der Waals surface area contributed by atoms with Gasteiger partial charge in [0.25, 0.3) is 0 Å². The van der Waals surface area contributed by atoms with Gasteiger partial charge in [-0.3, -0.25) is 4.79 Å². The summed E-state index contributed by atoms with van der Waals surface area (Å²) in [5.41, 5.74) is 7.22. The van der Waals surface area contributed by atoms with Gasteiger partial charge in [-0.25, -0.2) is 4.39 Å². The number of carbonyl (C=O) groups is 1. The van der Waals surface area contributed by atoms with E-state index in [2.05, 4.69) is 0 Å². The summed E-state index contributed by atoms with van der Waals surface area (Å²) in [6.07, 6.45) is 2.96. The van der Waals surface area contributed by atoms with Crippen LogP contribution in [0.25, 0.3) is 6.08 Å². The van der Waals surface area contributed by atoms with Crippen molar-refractivity contribution >= 4 is 17.5 Å². The summed E-state index contributed by atoms with van der Waals surface area (Å²) in [6, 6.07) is 12.9. The van der Waals surface area contributed by atoms with E-state index in [0.29, 0.717) is 16.8 Å². The maximum Gasteiger partial charge on any atom is 0.187 e. The van der Waals surface area contributed by atoms with Crippen molar-refractivity contribution in [2.45, 2.75) is 0 Å². The number of nitrogens with two attached hydrogens (primary N) is 1. The SMILES string of the molecule is Nc1ccccc1C(=O)/C=C/c1cccc(F)c1. The molecule has 0 bridgehead atoms. The van der Waals surface area contributed by atoms with Crippen LogP contribution in [-0.2, 0) is 0 Å². The average molecular weight is 241 g/mol. The quantitative estimate of drug-likeness (QED) is 0.509. The van der Waals surface area contributed by atoms with E-state index in [4.69, 9.17) is 5.73 Å². The fraction of sp³-hybridized carbons (Fsp3) is 0. The average Bonchev–Trinajstić information content (AvgIpc) is 2.37. The number of ketones is 1. The monoisotopic (exact) mass is 241 g/mol. The van der Waals surface area contributed by atoms with Gasteiger partial charge in [-0.05, 0) is 35.9 Å². The van der Waals surface area contributed by atoms with Crippen molar-refractivity contribution in [1.29, 1.82) is 0 Å². The number of rotatable bonds is 3. The van der Waals surface area contributed by atoms with Crippen LogP contribution in [0.1, 0.15) is 15.9 Å². The molecule has 0 atom stereocenters. The molecule has 0 amide bonds. The molecule has 0 aliphatic carbocycles. The van der Waals surface area contributed by atoms with Crippen molar-refractivity contribution in [2.75, 3.05) is 5.73 Å². The largest absolute Gasteiger partial charge is 0.398 e. The molecule has 18 heavy (non-hydrogen) atoms. The summed E-state index contributed by atoms with van der Waals surface area (Å²) >= 11 is 0. The minimum atomic E-state index is -0.330. The minimum Gasteiger partial charge on any atom is -0.398 e. The Morgan fingerprint density at radius 1 is 1.11 bits per heavy atom. The van der Waals surface area contributed by atoms with E-state index >= 15 is 0 Å². The number of para-hydroxylation sites is 1. The van der Waals surface area contributed by atoms with Crippen LogP contribution >= 0.6 is 0 Å². The van der Waals surface area contributed by atoms with Crippen LogP contribution < -0.4 is 5.73 Å². The second kappa shape index (κ2) is 5.27. The third-order valence-corrected chi connectivity index (χ3v) is 2.50. The van der Waals surface area contributed by atoms with Crippen molar-refractivity contribution in [2.24, 2.45) is 0 Å². The van der Waals surface area contributed by atoms with E-state index in [1.54, 1.807) is 42.5 Å². The molecule has 2 N–H and O–H groups in total. The smallest absolute Gasteiger partial charge is 0.187 e. The molecule has 0 spiro atoms. The van der Waals surface area contributed by atoms with Crippen molar-refractivity contribution in [3.05, 3.63) is 71.6 Å². The highest BCUT2D eigenvalue weighted by Crippen LogP contribution is 2.13. The minimum absolute atomic E-state index is 0.197. The summed E-state index contributed by atoms with van der Waals surface area (Å²) in [5.74, 6) is -0.527. The lowest BCUT2D eigenvalue weighted by molar-refractivity contribution is 0.104. The second-order valence-electron chi connectivity index (χ2n) is 3.84. The standard InChI is InChI=1S/C15H12FNO/c16-12-5-3-4-11(10-12)8-9-15(18)13-6-1-2-7-14(13)17/h1-10H,17H2/b9-8+. The number of hydrogen-bond donors (Lipinski definition) is 1. The van der Waals surface area contributed by atoms with Crippen molar-refractivity contribution in [3.63, 3.8) is 0 Å². The van der Waals surface area contributed by atoms with Crippen LogP contribution in [0.3, 0.4) is 0 Å². The number of allylic oxidation sites excluding steroid dienone is 1. The summed E-state index contributed by atoms with van der Waals surface area (Å²) in [6.45, 7) is 0. The van der Waals surface area contributed by atoms with E-state index in [9.17, 15) is 9.18 Å². The predicted molar refractivity (Wildman–Crippen MR) is 70.6 cm³/mol. The molecule has 0 fully saturated rings. The first kappa shape index (κ1) is 12.0. The number of hydrogen-bond acceptors (Lipinski definition) is 2. The van der Waals surface area contributed by atoms with E-state index in [1.807, 2.05) is 0 Å². The predicted octanol–water partition coefficient (Wildman–Crippen LogP) is 3.30. The zero-order chi connectivity index (χ0) is 13.0. The molecule has 0 aliphatic heterocycles. The van der Waals surface area contributed by atoms with Gasteiger partial charge in [0, 0.05) is 11.3 Å². The highest BCUT2D eigenvalue weighted by molar-refractivity contribution is 6.10. The Kier molecular flexibility index (Phi) is 3.53. The molecule has 0 unspecified atom stereocenters. The van der Waals surface area contributed by atoms with Crippen LogP contribution in [-0.4, -0.2) is 5.78 Å². The molecule has 0 saturated carbocycles. The Morgan fingerprint density at radius 2 is 1.89 bits per heavy atom. The van der Waals surface area contributed by atoms with Crippen molar-refractivity contribution in [3.8, 4) is 0 Å². The molecule has 0 radical (unpaired) electrons. The number of nitrogen functional groups attached to an aromatic ring is 1. The summed E-state index contributed by atoms with van der Waals surface area (Å²) in [7, 11) is 0. The Bertz CT molecular complexity index is 605. The van der Waals surface area contributed by atoms with Crippen LogP contribution in [0.4, 0.5) is 10.1 Å². The molecular weight excluding hydrogens is 229 g/mol. The first-order valence-corrected chi connectivity index (χ1v) is 5.49. The Labute approximate surface area is 105 Å². The Hall–Kier alpha value is -2.42. The second-order valence-corrected chi connectivity index (χ2v) is 3.84. The normalized spacial score (nSPS) is 10.7.